The van der Waals surface area contributed by atoms with Gasteiger partial charge in [-0.25, -0.2) is 0 Å². The van der Waals surface area contributed by atoms with Gasteiger partial charge in [-0.05, 0) is 38.7 Å². The number of amides is 2. The number of nitrogens with one attached hydrogen (secondary N) is 1. The molecule has 2 rings (SSSR count). The highest BCUT2D eigenvalue weighted by atomic mass is 16.2. The first-order valence-electron chi connectivity index (χ1n) is 9.06. The molecule has 0 radical (unpaired) electrons. The van der Waals surface area contributed by atoms with Gasteiger partial charge in [-0.1, -0.05) is 29.8 Å². The number of piperidine rings is 1. The molecule has 25 heavy (non-hydrogen) atoms. The fourth-order valence-corrected chi connectivity index (χ4v) is 3.03. The summed E-state index contributed by atoms with van der Waals surface area (Å²) in [7, 11) is 0. The van der Waals surface area contributed by atoms with Crippen LogP contribution in [0.15, 0.2) is 24.3 Å². The number of nitrogens with zero attached hydrogens (tertiary/aromatic N) is 1. The van der Waals surface area contributed by atoms with Gasteiger partial charge in [0, 0.05) is 38.4 Å². The summed E-state index contributed by atoms with van der Waals surface area (Å²) in [5.74, 6) is 0.144. The monoisotopic (exact) mass is 344 g/mol. The van der Waals surface area contributed by atoms with Gasteiger partial charge in [0.25, 0.3) is 0 Å². The third-order valence-corrected chi connectivity index (χ3v) is 4.67. The van der Waals surface area contributed by atoms with E-state index in [1.807, 2.05) is 4.90 Å². The quantitative estimate of drug-likeness (QED) is 0.826. The molecule has 1 aliphatic heterocycles. The lowest BCUT2D eigenvalue weighted by Crippen LogP contribution is -2.46. The van der Waals surface area contributed by atoms with E-state index < -0.39 is 0 Å². The third kappa shape index (κ3) is 6.69. The van der Waals surface area contributed by atoms with Crippen molar-refractivity contribution in [1.82, 2.24) is 10.2 Å². The number of rotatable bonds is 7. The summed E-state index contributed by atoms with van der Waals surface area (Å²) < 4.78 is 0. The maximum absolute atomic E-state index is 12.3. The van der Waals surface area contributed by atoms with Gasteiger partial charge in [-0.2, -0.15) is 0 Å². The summed E-state index contributed by atoms with van der Waals surface area (Å²) >= 11 is 0. The van der Waals surface area contributed by atoms with Crippen LogP contribution in [0.5, 0.6) is 0 Å². The molecule has 5 nitrogen and oxygen atoms in total. The molecule has 5 heteroatoms. The number of carbonyl (C=O) groups is 3. The number of Topliss-reactive ketones (excluding diaryl/α,β-unsaturated/α-hetero) is 1. The van der Waals surface area contributed by atoms with Crippen LogP contribution in [-0.2, 0) is 20.8 Å². The summed E-state index contributed by atoms with van der Waals surface area (Å²) in [6.07, 6.45) is 3.40. The summed E-state index contributed by atoms with van der Waals surface area (Å²) in [5.41, 5.74) is 2.41. The molecule has 0 atom stereocenters. The molecule has 0 aromatic heterocycles. The summed E-state index contributed by atoms with van der Waals surface area (Å²) in [4.78, 5) is 36.9. The third-order valence-electron chi connectivity index (χ3n) is 4.67. The predicted octanol–water partition coefficient (Wildman–Crippen LogP) is 2.40. The molecule has 1 N–H and O–H groups in total. The van der Waals surface area contributed by atoms with E-state index >= 15 is 0 Å². The van der Waals surface area contributed by atoms with Crippen LogP contribution in [0.25, 0.3) is 0 Å². The zero-order valence-corrected chi connectivity index (χ0v) is 15.2. The zero-order valence-electron chi connectivity index (χ0n) is 15.2. The Bertz CT molecular complexity index is 602. The van der Waals surface area contributed by atoms with E-state index in [1.165, 1.54) is 18.1 Å². The van der Waals surface area contributed by atoms with Crippen LogP contribution >= 0.6 is 0 Å². The van der Waals surface area contributed by atoms with Crippen molar-refractivity contribution >= 4 is 17.6 Å². The second kappa shape index (κ2) is 9.35. The molecule has 1 fully saturated rings. The SMILES string of the molecule is CC(=O)CCC(=O)NC1CCN(C(=O)CCc2ccc(C)cc2)CC1. The van der Waals surface area contributed by atoms with Crippen LogP contribution < -0.4 is 5.32 Å². The van der Waals surface area contributed by atoms with Crippen LogP contribution in [0.3, 0.4) is 0 Å². The molecule has 2 amide bonds. The summed E-state index contributed by atoms with van der Waals surface area (Å²) in [6, 6.07) is 8.40. The van der Waals surface area contributed by atoms with Gasteiger partial charge in [0.05, 0.1) is 0 Å². The van der Waals surface area contributed by atoms with Gasteiger partial charge in [0.15, 0.2) is 0 Å². The van der Waals surface area contributed by atoms with Crippen LogP contribution in [0.2, 0.25) is 0 Å². The van der Waals surface area contributed by atoms with Gasteiger partial charge >= 0.3 is 0 Å². The Labute approximate surface area is 149 Å². The van der Waals surface area contributed by atoms with Crippen LogP contribution in [0, 0.1) is 6.92 Å². The second-order valence-electron chi connectivity index (χ2n) is 6.91. The Balaban J connectivity index is 1.68. The average molecular weight is 344 g/mol. The van der Waals surface area contributed by atoms with Crippen molar-refractivity contribution in [3.8, 4) is 0 Å². The van der Waals surface area contributed by atoms with Crippen LogP contribution in [0.4, 0.5) is 0 Å². The molecule has 0 saturated carbocycles. The number of carbonyl (C=O) groups excluding carboxylic acids is 3. The Kier molecular flexibility index (Phi) is 7.16. The van der Waals surface area contributed by atoms with Crippen molar-refractivity contribution < 1.29 is 14.4 Å². The van der Waals surface area contributed by atoms with E-state index in [9.17, 15) is 14.4 Å². The smallest absolute Gasteiger partial charge is 0.222 e. The molecule has 0 aliphatic carbocycles. The van der Waals surface area contributed by atoms with E-state index in [0.717, 1.165) is 19.3 Å². The van der Waals surface area contributed by atoms with E-state index in [-0.39, 0.29) is 30.1 Å². The standard InChI is InChI=1S/C20H28N2O3/c1-15-3-6-17(7-4-15)8-10-20(25)22-13-11-18(12-14-22)21-19(24)9-5-16(2)23/h3-4,6-7,18H,5,8-14H2,1-2H3,(H,21,24). The summed E-state index contributed by atoms with van der Waals surface area (Å²) in [6.45, 7) is 4.92. The van der Waals surface area contributed by atoms with Gasteiger partial charge in [-0.3, -0.25) is 9.59 Å². The van der Waals surface area contributed by atoms with E-state index in [4.69, 9.17) is 0 Å². The minimum atomic E-state index is -0.0700. The molecule has 1 aromatic carbocycles. The maximum atomic E-state index is 12.3. The fraction of sp³-hybridized carbons (Fsp3) is 0.550. The molecular weight excluding hydrogens is 316 g/mol. The van der Waals surface area contributed by atoms with E-state index in [0.29, 0.717) is 25.9 Å². The Morgan fingerprint density at radius 3 is 2.28 bits per heavy atom. The molecule has 136 valence electrons. The lowest BCUT2D eigenvalue weighted by atomic mass is 10.0. The van der Waals surface area contributed by atoms with E-state index in [1.54, 1.807) is 0 Å². The van der Waals surface area contributed by atoms with Gasteiger partial charge < -0.3 is 15.0 Å². The maximum Gasteiger partial charge on any atom is 0.222 e. The van der Waals surface area contributed by atoms with Crippen molar-refractivity contribution in [3.05, 3.63) is 35.4 Å². The minimum Gasteiger partial charge on any atom is -0.353 e. The van der Waals surface area contributed by atoms with Crippen LogP contribution in [-0.4, -0.2) is 41.6 Å². The van der Waals surface area contributed by atoms with Crippen molar-refractivity contribution in [2.45, 2.75) is 58.4 Å². The van der Waals surface area contributed by atoms with Crippen molar-refractivity contribution in [3.63, 3.8) is 0 Å². The highest BCUT2D eigenvalue weighted by Gasteiger charge is 2.23. The zero-order chi connectivity index (χ0) is 18.2. The molecule has 1 heterocycles. The number of hydrogen-bond acceptors (Lipinski definition) is 3. The number of aryl methyl sites for hydroxylation is 2. The Hall–Kier alpha value is -2.17. The molecule has 0 bridgehead atoms. The first-order valence-corrected chi connectivity index (χ1v) is 9.06. The second-order valence-corrected chi connectivity index (χ2v) is 6.91. The van der Waals surface area contributed by atoms with Crippen molar-refractivity contribution in [2.75, 3.05) is 13.1 Å². The highest BCUT2D eigenvalue weighted by molar-refractivity contribution is 5.83. The number of hydrogen-bond donors (Lipinski definition) is 1. The lowest BCUT2D eigenvalue weighted by Gasteiger charge is -2.32. The predicted molar refractivity (Wildman–Crippen MR) is 97.2 cm³/mol. The molecule has 1 aliphatic rings. The molecule has 1 aromatic rings. The average Bonchev–Trinajstić information content (AvgIpc) is 2.60. The fourth-order valence-electron chi connectivity index (χ4n) is 3.03. The van der Waals surface area contributed by atoms with Gasteiger partial charge in [0.2, 0.25) is 11.8 Å². The lowest BCUT2D eigenvalue weighted by molar-refractivity contribution is -0.132. The first-order chi connectivity index (χ1) is 11.9. The van der Waals surface area contributed by atoms with Crippen molar-refractivity contribution in [2.24, 2.45) is 0 Å². The normalized spacial score (nSPS) is 15.0. The minimum absolute atomic E-state index is 0.0316. The molecular formula is C20H28N2O3. The first kappa shape index (κ1) is 19.2. The van der Waals surface area contributed by atoms with Crippen LogP contribution in [0.1, 0.15) is 50.2 Å². The largest absolute Gasteiger partial charge is 0.353 e. The molecule has 0 spiro atoms. The topological polar surface area (TPSA) is 66.5 Å². The number of benzene rings is 1. The summed E-state index contributed by atoms with van der Waals surface area (Å²) in [5, 5.41) is 2.97. The molecule has 0 unspecified atom stereocenters. The van der Waals surface area contributed by atoms with Crippen molar-refractivity contribution in [1.29, 1.82) is 0 Å². The van der Waals surface area contributed by atoms with Gasteiger partial charge in [0.1, 0.15) is 5.78 Å². The Morgan fingerprint density at radius 1 is 1.04 bits per heavy atom. The number of likely N-dealkylation sites (tertiary alicyclic amines) is 1. The highest BCUT2D eigenvalue weighted by Crippen LogP contribution is 2.13. The Morgan fingerprint density at radius 2 is 1.68 bits per heavy atom. The molecule has 1 saturated heterocycles. The van der Waals surface area contributed by atoms with E-state index in [2.05, 4.69) is 36.5 Å². The van der Waals surface area contributed by atoms with Gasteiger partial charge in [-0.15, -0.1) is 0 Å². The number of ketones is 1.